The smallest absolute Gasteiger partial charge is 0.280 e. The summed E-state index contributed by atoms with van der Waals surface area (Å²) in [5.74, 6) is -0.666. The standard InChI is InChI=1S/C10H13N7O3/c1-5(18)12-3-13-6(19)2-17-4-14-7-8(17)15-10(11)16-9(7)20/h4H,2-3H2,1H3,(H,12,18)(H,13,19)(H3,11,15,16,20). The normalized spacial score (nSPS) is 10.4. The summed E-state index contributed by atoms with van der Waals surface area (Å²) in [7, 11) is 0. The number of H-pyrrole nitrogens is 1. The molecule has 2 rings (SSSR count). The minimum absolute atomic E-state index is 0.0247. The second-order valence-electron chi connectivity index (χ2n) is 4.01. The molecular weight excluding hydrogens is 266 g/mol. The highest BCUT2D eigenvalue weighted by molar-refractivity contribution is 5.79. The first-order valence-electron chi connectivity index (χ1n) is 5.69. The van der Waals surface area contributed by atoms with Crippen molar-refractivity contribution in [1.29, 1.82) is 0 Å². The maximum atomic E-state index is 11.6. The zero-order valence-corrected chi connectivity index (χ0v) is 10.6. The fourth-order valence-corrected chi connectivity index (χ4v) is 1.56. The molecule has 0 fully saturated rings. The predicted molar refractivity (Wildman–Crippen MR) is 69.4 cm³/mol. The molecule has 0 spiro atoms. The maximum Gasteiger partial charge on any atom is 0.280 e. The number of imidazole rings is 1. The van der Waals surface area contributed by atoms with E-state index in [0.29, 0.717) is 0 Å². The highest BCUT2D eigenvalue weighted by Gasteiger charge is 2.11. The lowest BCUT2D eigenvalue weighted by molar-refractivity contribution is -0.122. The fraction of sp³-hybridized carbons (Fsp3) is 0.300. The van der Waals surface area contributed by atoms with E-state index in [4.69, 9.17) is 5.73 Å². The number of nitrogens with two attached hydrogens (primary N) is 1. The number of anilines is 1. The Hall–Kier alpha value is -2.91. The number of nitrogen functional groups attached to an aromatic ring is 1. The van der Waals surface area contributed by atoms with E-state index < -0.39 is 5.56 Å². The number of hydrogen-bond donors (Lipinski definition) is 4. The number of amides is 2. The van der Waals surface area contributed by atoms with Gasteiger partial charge in [-0.05, 0) is 0 Å². The molecule has 0 saturated heterocycles. The summed E-state index contributed by atoms with van der Waals surface area (Å²) in [5.41, 5.74) is 5.30. The van der Waals surface area contributed by atoms with Gasteiger partial charge in [0.05, 0.1) is 13.0 Å². The van der Waals surface area contributed by atoms with Crippen molar-refractivity contribution in [3.8, 4) is 0 Å². The molecule has 0 aliphatic heterocycles. The second-order valence-corrected chi connectivity index (χ2v) is 4.01. The number of aromatic nitrogens is 4. The Balaban J connectivity index is 2.12. The molecule has 0 bridgehead atoms. The number of fused-ring (bicyclic) bond motifs is 1. The highest BCUT2D eigenvalue weighted by atomic mass is 16.2. The SMILES string of the molecule is CC(=O)NCNC(=O)Cn1cnc2c(=O)[nH]c(N)nc21. The number of nitrogens with zero attached hydrogens (tertiary/aromatic N) is 3. The molecule has 0 radical (unpaired) electrons. The fourth-order valence-electron chi connectivity index (χ4n) is 1.56. The summed E-state index contributed by atoms with van der Waals surface area (Å²) in [6, 6.07) is 0. The number of nitrogens with one attached hydrogen (secondary N) is 3. The van der Waals surface area contributed by atoms with Crippen LogP contribution in [0, 0.1) is 0 Å². The maximum absolute atomic E-state index is 11.6. The summed E-state index contributed by atoms with van der Waals surface area (Å²) >= 11 is 0. The molecule has 0 aliphatic rings. The zero-order chi connectivity index (χ0) is 14.7. The second kappa shape index (κ2) is 5.38. The molecule has 0 saturated carbocycles. The molecule has 2 heterocycles. The number of carbonyl (C=O) groups is 2. The molecule has 0 aromatic carbocycles. The van der Waals surface area contributed by atoms with Gasteiger partial charge in [-0.1, -0.05) is 0 Å². The molecule has 5 N–H and O–H groups in total. The van der Waals surface area contributed by atoms with Gasteiger partial charge in [0, 0.05) is 6.92 Å². The molecule has 10 nitrogen and oxygen atoms in total. The van der Waals surface area contributed by atoms with Gasteiger partial charge < -0.3 is 20.9 Å². The minimum Gasteiger partial charge on any atom is -0.369 e. The largest absolute Gasteiger partial charge is 0.369 e. The van der Waals surface area contributed by atoms with E-state index in [1.165, 1.54) is 17.8 Å². The lowest BCUT2D eigenvalue weighted by atomic mass is 10.5. The first-order chi connectivity index (χ1) is 9.47. The van der Waals surface area contributed by atoms with E-state index in [1.54, 1.807) is 0 Å². The highest BCUT2D eigenvalue weighted by Crippen LogP contribution is 2.05. The van der Waals surface area contributed by atoms with Gasteiger partial charge in [-0.25, -0.2) is 4.98 Å². The van der Waals surface area contributed by atoms with E-state index in [1.807, 2.05) is 0 Å². The van der Waals surface area contributed by atoms with Crippen molar-refractivity contribution >= 4 is 28.9 Å². The van der Waals surface area contributed by atoms with Crippen molar-refractivity contribution in [1.82, 2.24) is 30.2 Å². The van der Waals surface area contributed by atoms with Gasteiger partial charge in [-0.15, -0.1) is 0 Å². The third kappa shape index (κ3) is 2.91. The molecule has 0 aliphatic carbocycles. The van der Waals surface area contributed by atoms with Gasteiger partial charge in [0.25, 0.3) is 5.56 Å². The van der Waals surface area contributed by atoms with Crippen LogP contribution >= 0.6 is 0 Å². The Bertz CT molecular complexity index is 717. The van der Waals surface area contributed by atoms with Gasteiger partial charge >= 0.3 is 0 Å². The van der Waals surface area contributed by atoms with Crippen LogP contribution in [0.3, 0.4) is 0 Å². The van der Waals surface area contributed by atoms with Crippen LogP contribution in [0.1, 0.15) is 6.92 Å². The molecule has 0 unspecified atom stereocenters. The van der Waals surface area contributed by atoms with Crippen molar-refractivity contribution in [3.05, 3.63) is 16.7 Å². The Morgan fingerprint density at radius 3 is 2.90 bits per heavy atom. The van der Waals surface area contributed by atoms with Crippen molar-refractivity contribution in [2.24, 2.45) is 0 Å². The number of aromatic amines is 1. The molecule has 2 aromatic heterocycles. The van der Waals surface area contributed by atoms with E-state index in [0.717, 1.165) is 0 Å². The topological polar surface area (TPSA) is 148 Å². The van der Waals surface area contributed by atoms with Crippen LogP contribution in [0.15, 0.2) is 11.1 Å². The molecule has 10 heteroatoms. The number of rotatable bonds is 4. The van der Waals surface area contributed by atoms with Crippen LogP contribution in [-0.4, -0.2) is 38.0 Å². The van der Waals surface area contributed by atoms with E-state index in [-0.39, 0.29) is 42.1 Å². The van der Waals surface area contributed by atoms with Gasteiger partial charge in [0.15, 0.2) is 11.2 Å². The van der Waals surface area contributed by atoms with Crippen LogP contribution < -0.4 is 21.9 Å². The Morgan fingerprint density at radius 2 is 2.20 bits per heavy atom. The predicted octanol–water partition coefficient (Wildman–Crippen LogP) is -2.09. The number of carbonyl (C=O) groups excluding carboxylic acids is 2. The van der Waals surface area contributed by atoms with Crippen LogP contribution in [-0.2, 0) is 16.1 Å². The molecule has 20 heavy (non-hydrogen) atoms. The van der Waals surface area contributed by atoms with Crippen molar-refractivity contribution in [2.75, 3.05) is 12.4 Å². The number of hydrogen-bond acceptors (Lipinski definition) is 6. The summed E-state index contributed by atoms with van der Waals surface area (Å²) < 4.78 is 1.39. The summed E-state index contributed by atoms with van der Waals surface area (Å²) in [6.07, 6.45) is 1.32. The molecule has 2 amide bonds. The Kier molecular flexibility index (Phi) is 3.64. The zero-order valence-electron chi connectivity index (χ0n) is 10.6. The van der Waals surface area contributed by atoms with Crippen LogP contribution in [0.25, 0.3) is 11.2 Å². The van der Waals surface area contributed by atoms with E-state index >= 15 is 0 Å². The molecule has 0 atom stereocenters. The third-order valence-corrected chi connectivity index (χ3v) is 2.43. The van der Waals surface area contributed by atoms with Crippen LogP contribution in [0.4, 0.5) is 5.95 Å². The third-order valence-electron chi connectivity index (χ3n) is 2.43. The van der Waals surface area contributed by atoms with Crippen LogP contribution in [0.5, 0.6) is 0 Å². The summed E-state index contributed by atoms with van der Waals surface area (Å²) in [4.78, 5) is 44.0. The lowest BCUT2D eigenvalue weighted by Crippen LogP contribution is -2.37. The van der Waals surface area contributed by atoms with Crippen molar-refractivity contribution in [3.63, 3.8) is 0 Å². The van der Waals surface area contributed by atoms with Crippen LogP contribution in [0.2, 0.25) is 0 Å². The average Bonchev–Trinajstić information content (AvgIpc) is 2.72. The average molecular weight is 279 g/mol. The van der Waals surface area contributed by atoms with Gasteiger partial charge in [-0.3, -0.25) is 19.4 Å². The summed E-state index contributed by atoms with van der Waals surface area (Å²) in [6.45, 7) is 1.28. The Morgan fingerprint density at radius 1 is 1.45 bits per heavy atom. The summed E-state index contributed by atoms with van der Waals surface area (Å²) in [5, 5.41) is 4.91. The van der Waals surface area contributed by atoms with E-state index in [9.17, 15) is 14.4 Å². The van der Waals surface area contributed by atoms with E-state index in [2.05, 4.69) is 25.6 Å². The molecular formula is C10H13N7O3. The first kappa shape index (κ1) is 13.5. The Labute approximate surface area is 112 Å². The minimum atomic E-state index is -0.468. The molecule has 106 valence electrons. The first-order valence-corrected chi connectivity index (χ1v) is 5.69. The monoisotopic (exact) mass is 279 g/mol. The quantitative estimate of drug-likeness (QED) is 0.472. The van der Waals surface area contributed by atoms with Crippen molar-refractivity contribution < 1.29 is 9.59 Å². The van der Waals surface area contributed by atoms with Gasteiger partial charge in [0.2, 0.25) is 17.8 Å². The van der Waals surface area contributed by atoms with Gasteiger partial charge in [-0.2, -0.15) is 4.98 Å². The van der Waals surface area contributed by atoms with Crippen molar-refractivity contribution in [2.45, 2.75) is 13.5 Å². The van der Waals surface area contributed by atoms with Gasteiger partial charge in [0.1, 0.15) is 6.54 Å². The molecule has 2 aromatic rings. The lowest BCUT2D eigenvalue weighted by Gasteiger charge is -2.06.